The fourth-order valence-electron chi connectivity index (χ4n) is 3.31. The van der Waals surface area contributed by atoms with Crippen LogP contribution in [0.5, 0.6) is 0 Å². The number of allylic oxidation sites excluding steroid dienone is 2. The van der Waals surface area contributed by atoms with Gasteiger partial charge in [-0.15, -0.1) is 0 Å². The molecule has 1 aliphatic rings. The highest BCUT2D eigenvalue weighted by atomic mass is 16.5. The number of para-hydroxylation sites is 1. The van der Waals surface area contributed by atoms with E-state index >= 15 is 0 Å². The van der Waals surface area contributed by atoms with E-state index in [1.54, 1.807) is 6.07 Å². The molecule has 3 aromatic rings. The van der Waals surface area contributed by atoms with Crippen LogP contribution >= 0.6 is 0 Å². The summed E-state index contributed by atoms with van der Waals surface area (Å²) in [5, 5.41) is 17.2. The molecule has 0 atom stereocenters. The van der Waals surface area contributed by atoms with Gasteiger partial charge in [0.05, 0.1) is 11.7 Å². The number of anilines is 1. The molecule has 29 heavy (non-hydrogen) atoms. The van der Waals surface area contributed by atoms with E-state index in [4.69, 9.17) is 11.6 Å². The Morgan fingerprint density at radius 3 is 2.76 bits per heavy atom. The van der Waals surface area contributed by atoms with Crippen LogP contribution in [0.4, 0.5) is 5.95 Å². The van der Waals surface area contributed by atoms with Crippen LogP contribution in [0.15, 0.2) is 52.6 Å². The molecule has 4 rings (SSSR count). The lowest BCUT2D eigenvalue weighted by atomic mass is 9.95. The van der Waals surface area contributed by atoms with Gasteiger partial charge in [0.25, 0.3) is 0 Å². The van der Waals surface area contributed by atoms with Crippen molar-refractivity contribution in [3.05, 3.63) is 70.3 Å². The van der Waals surface area contributed by atoms with E-state index < -0.39 is 0 Å². The lowest BCUT2D eigenvalue weighted by molar-refractivity contribution is -0.616. The predicted molar refractivity (Wildman–Crippen MR) is 114 cm³/mol. The number of nitrogens with two attached hydrogens (primary N) is 2. The molecule has 0 aliphatic heterocycles. The zero-order chi connectivity index (χ0) is 20.4. The van der Waals surface area contributed by atoms with Crippen LogP contribution in [-0.4, -0.2) is 21.9 Å². The highest BCUT2D eigenvalue weighted by molar-refractivity contribution is 6.40. The van der Waals surface area contributed by atoms with Crippen LogP contribution in [0.1, 0.15) is 35.5 Å². The number of hydrogen-bond donors (Lipinski definition) is 2. The Labute approximate surface area is 167 Å². The van der Waals surface area contributed by atoms with Gasteiger partial charge in [-0.05, 0) is 31.4 Å². The van der Waals surface area contributed by atoms with Crippen molar-refractivity contribution in [2.24, 2.45) is 15.9 Å². The largest absolute Gasteiger partial charge is 0.618 e. The maximum atomic E-state index is 12.6. The summed E-state index contributed by atoms with van der Waals surface area (Å²) in [7, 11) is 0. The summed E-state index contributed by atoms with van der Waals surface area (Å²) in [6.07, 6.45) is 5.53. The molecule has 0 bridgehead atoms. The maximum Gasteiger partial charge on any atom is 0.221 e. The highest BCUT2D eigenvalue weighted by Gasteiger charge is 2.19. The van der Waals surface area contributed by atoms with Gasteiger partial charge in [0.1, 0.15) is 18.0 Å². The third-order valence-electron chi connectivity index (χ3n) is 4.95. The Bertz CT molecular complexity index is 1180. The third-order valence-corrected chi connectivity index (χ3v) is 4.95. The number of aryl methyl sites for hydroxylation is 1. The molecular formula is C21H21N7O. The van der Waals surface area contributed by atoms with E-state index in [2.05, 4.69) is 26.1 Å². The lowest BCUT2D eigenvalue weighted by Crippen LogP contribution is -2.36. The van der Waals surface area contributed by atoms with E-state index in [1.165, 1.54) is 6.21 Å². The fraction of sp³-hybridized carbons (Fsp3) is 0.190. The summed E-state index contributed by atoms with van der Waals surface area (Å²) in [4.78, 5) is 13.0. The van der Waals surface area contributed by atoms with Crippen molar-refractivity contribution >= 4 is 34.4 Å². The van der Waals surface area contributed by atoms with E-state index in [0.717, 1.165) is 39.6 Å². The van der Waals surface area contributed by atoms with E-state index in [9.17, 15) is 5.21 Å². The number of aliphatic imine (C=N–C) groups is 1. The van der Waals surface area contributed by atoms with Crippen molar-refractivity contribution in [2.45, 2.75) is 26.3 Å². The summed E-state index contributed by atoms with van der Waals surface area (Å²) in [6.45, 7) is 2.14. The summed E-state index contributed by atoms with van der Waals surface area (Å²) in [5.74, 6) is 5.74. The first-order valence-electron chi connectivity index (χ1n) is 9.30. The molecule has 0 saturated heterocycles. The summed E-state index contributed by atoms with van der Waals surface area (Å²) < 4.78 is 0.934. The molecular weight excluding hydrogens is 366 g/mol. The lowest BCUT2D eigenvalue weighted by Gasteiger charge is -2.15. The molecule has 1 aliphatic carbocycles. The van der Waals surface area contributed by atoms with Gasteiger partial charge in [-0.1, -0.05) is 24.3 Å². The molecule has 8 heteroatoms. The summed E-state index contributed by atoms with van der Waals surface area (Å²) in [5.41, 5.74) is 10.8. The van der Waals surface area contributed by atoms with Crippen molar-refractivity contribution in [1.29, 1.82) is 0 Å². The van der Waals surface area contributed by atoms with Crippen LogP contribution in [0.25, 0.3) is 16.5 Å². The number of fused-ring (bicyclic) bond motifs is 1. The van der Waals surface area contributed by atoms with E-state index in [0.29, 0.717) is 22.8 Å². The molecule has 0 saturated carbocycles. The average Bonchev–Trinajstić information content (AvgIpc) is 2.67. The third kappa shape index (κ3) is 3.52. The number of aromatic nitrogens is 3. The minimum Gasteiger partial charge on any atom is -0.618 e. The molecule has 2 heterocycles. The average molecular weight is 387 g/mol. The van der Waals surface area contributed by atoms with Gasteiger partial charge < -0.3 is 16.8 Å². The highest BCUT2D eigenvalue weighted by Crippen LogP contribution is 2.26. The van der Waals surface area contributed by atoms with Gasteiger partial charge in [-0.25, -0.2) is 9.97 Å². The summed E-state index contributed by atoms with van der Waals surface area (Å²) in [6, 6.07) is 11.2. The van der Waals surface area contributed by atoms with Gasteiger partial charge in [-0.3, -0.25) is 4.99 Å². The van der Waals surface area contributed by atoms with Crippen LogP contribution < -0.4 is 16.3 Å². The van der Waals surface area contributed by atoms with Crippen molar-refractivity contribution in [3.8, 4) is 0 Å². The van der Waals surface area contributed by atoms with Gasteiger partial charge in [-0.2, -0.15) is 9.83 Å². The molecule has 0 radical (unpaired) electrons. The standard InChI is InChI=1S/C21H21N7O/c1-13-5-2-9-16-19(13)25-21(22)26-20(16)17(27-23)12-24-11-15-8-4-10-18(28(15)29)14-6-3-7-14/h2,4-6,8-10,12H,3,7,11,23H2,1H3,(H2,22,25,26). The van der Waals surface area contributed by atoms with Crippen LogP contribution in [-0.2, 0) is 6.54 Å². The second kappa shape index (κ2) is 7.67. The molecule has 4 N–H and O–H groups in total. The van der Waals surface area contributed by atoms with Crippen LogP contribution in [0.2, 0.25) is 0 Å². The fourth-order valence-corrected chi connectivity index (χ4v) is 3.31. The van der Waals surface area contributed by atoms with Crippen molar-refractivity contribution in [2.75, 3.05) is 5.73 Å². The molecule has 0 fully saturated rings. The first-order valence-corrected chi connectivity index (χ1v) is 9.30. The van der Waals surface area contributed by atoms with E-state index in [1.807, 2.05) is 37.3 Å². The molecule has 146 valence electrons. The van der Waals surface area contributed by atoms with Crippen LogP contribution in [0.3, 0.4) is 0 Å². The molecule has 0 unspecified atom stereocenters. The minimum atomic E-state index is 0.134. The zero-order valence-corrected chi connectivity index (χ0v) is 16.0. The minimum absolute atomic E-state index is 0.134. The van der Waals surface area contributed by atoms with Gasteiger partial charge in [0, 0.05) is 23.1 Å². The first-order chi connectivity index (χ1) is 14.1. The monoisotopic (exact) mass is 387 g/mol. The number of nitrogen functional groups attached to an aromatic ring is 1. The number of pyridine rings is 1. The van der Waals surface area contributed by atoms with Crippen molar-refractivity contribution in [1.82, 2.24) is 9.97 Å². The summed E-state index contributed by atoms with van der Waals surface area (Å²) >= 11 is 0. The number of hydrogen-bond acceptors (Lipinski definition) is 7. The topological polar surface area (TPSA) is 129 Å². The quantitative estimate of drug-likeness (QED) is 0.228. The number of hydrazone groups is 1. The molecule has 0 spiro atoms. The number of rotatable bonds is 5. The first kappa shape index (κ1) is 18.5. The normalized spacial score (nSPS) is 14.2. The second-order valence-corrected chi connectivity index (χ2v) is 6.85. The number of nitrogens with zero attached hydrogens (tertiary/aromatic N) is 5. The van der Waals surface area contributed by atoms with Crippen molar-refractivity contribution < 1.29 is 4.73 Å². The Morgan fingerprint density at radius 1 is 1.24 bits per heavy atom. The molecule has 1 aromatic carbocycles. The molecule has 2 aromatic heterocycles. The smallest absolute Gasteiger partial charge is 0.221 e. The Hall–Kier alpha value is -3.81. The zero-order valence-electron chi connectivity index (χ0n) is 16.0. The number of benzene rings is 1. The van der Waals surface area contributed by atoms with Crippen LogP contribution in [0, 0.1) is 12.1 Å². The van der Waals surface area contributed by atoms with Gasteiger partial charge >= 0.3 is 0 Å². The van der Waals surface area contributed by atoms with Gasteiger partial charge in [0.2, 0.25) is 17.3 Å². The Morgan fingerprint density at radius 2 is 2.03 bits per heavy atom. The second-order valence-electron chi connectivity index (χ2n) is 6.85. The SMILES string of the molecule is Cc1cccc2c(C(C=NCc3cccc(C4=CCC4)[n+]3[O-])=NN)nc(N)nc12. The predicted octanol–water partition coefficient (Wildman–Crippen LogP) is 2.26. The van der Waals surface area contributed by atoms with Gasteiger partial charge in [0.15, 0.2) is 0 Å². The molecule has 0 amide bonds. The Kier molecular flexibility index (Phi) is 4.90. The van der Waals surface area contributed by atoms with E-state index in [-0.39, 0.29) is 12.5 Å². The maximum absolute atomic E-state index is 12.6. The molecule has 8 nitrogen and oxygen atoms in total. The van der Waals surface area contributed by atoms with Crippen molar-refractivity contribution in [3.63, 3.8) is 0 Å². The Balaban J connectivity index is 1.64.